The minimum Gasteiger partial charge on any atom is -0.461 e. The third-order valence-corrected chi connectivity index (χ3v) is 2.08. The summed E-state index contributed by atoms with van der Waals surface area (Å²) in [6, 6.07) is 0. The lowest BCUT2D eigenvalue weighted by atomic mass is 10.4. The second-order valence-electron chi connectivity index (χ2n) is 3.72. The molecule has 0 radical (unpaired) electrons. The van der Waals surface area contributed by atoms with Crippen LogP contribution in [0.1, 0.15) is 6.42 Å². The minimum absolute atomic E-state index is 0.137. The zero-order valence-electron chi connectivity index (χ0n) is 11.9. The van der Waals surface area contributed by atoms with E-state index >= 15 is 0 Å². The highest BCUT2D eigenvalue weighted by Gasteiger charge is 2.00. The smallest absolute Gasteiger partial charge is 0.330 e. The van der Waals surface area contributed by atoms with E-state index in [-0.39, 0.29) is 25.5 Å². The lowest BCUT2D eigenvalue weighted by molar-refractivity contribution is -0.138. The van der Waals surface area contributed by atoms with Gasteiger partial charge in [0.05, 0.1) is 0 Å². The largest absolute Gasteiger partial charge is 0.461 e. The van der Waals surface area contributed by atoms with Gasteiger partial charge in [0.2, 0.25) is 5.91 Å². The number of carbonyl (C=O) groups is 3. The average Bonchev–Trinajstić information content (AvgIpc) is 2.49. The van der Waals surface area contributed by atoms with Crippen molar-refractivity contribution in [2.75, 3.05) is 32.8 Å². The van der Waals surface area contributed by atoms with Crippen LogP contribution in [0.5, 0.6) is 0 Å². The molecule has 0 saturated carbocycles. The molecule has 0 aliphatic rings. The fourth-order valence-electron chi connectivity index (χ4n) is 1.09. The Balaban J connectivity index is 3.34. The van der Waals surface area contributed by atoms with Crippen molar-refractivity contribution >= 4 is 17.8 Å². The molecule has 0 bridgehead atoms. The fraction of sp³-hybridized carbons (Fsp3) is 0.462. The number of hydrogen-bond acceptors (Lipinski definition) is 7. The van der Waals surface area contributed by atoms with E-state index in [9.17, 15) is 14.4 Å². The van der Waals surface area contributed by atoms with Crippen molar-refractivity contribution in [2.24, 2.45) is 0 Å². The topological polar surface area (TPSA) is 106 Å². The molecule has 0 atom stereocenters. The van der Waals surface area contributed by atoms with E-state index in [1.807, 2.05) is 0 Å². The summed E-state index contributed by atoms with van der Waals surface area (Å²) in [7, 11) is 0. The zero-order valence-corrected chi connectivity index (χ0v) is 11.9. The standard InChI is InChI=1S/C13H21N3O5/c1-3-12(18)20-9-7-14-6-5-11(17)16-15-8-10-21-13(19)4-2/h3-4,14-15H,1-2,5-10H2,(H,16,17). The molecular formula is C13H21N3O5. The van der Waals surface area contributed by atoms with Crippen LogP contribution in [-0.2, 0) is 23.9 Å². The highest BCUT2D eigenvalue weighted by molar-refractivity contribution is 5.81. The molecule has 0 aliphatic heterocycles. The van der Waals surface area contributed by atoms with Crippen molar-refractivity contribution < 1.29 is 23.9 Å². The maximum Gasteiger partial charge on any atom is 0.330 e. The van der Waals surface area contributed by atoms with E-state index in [2.05, 4.69) is 29.3 Å². The Morgan fingerprint density at radius 1 is 0.905 bits per heavy atom. The van der Waals surface area contributed by atoms with Crippen LogP contribution in [0, 0.1) is 0 Å². The molecular weight excluding hydrogens is 278 g/mol. The van der Waals surface area contributed by atoms with Gasteiger partial charge >= 0.3 is 11.9 Å². The Labute approximate surface area is 123 Å². The number of hydrazine groups is 1. The molecule has 0 spiro atoms. The highest BCUT2D eigenvalue weighted by Crippen LogP contribution is 1.80. The van der Waals surface area contributed by atoms with Gasteiger partial charge in [-0.1, -0.05) is 13.2 Å². The predicted octanol–water partition coefficient (Wildman–Crippen LogP) is -0.955. The summed E-state index contributed by atoms with van der Waals surface area (Å²) in [6.45, 7) is 8.09. The van der Waals surface area contributed by atoms with Gasteiger partial charge in [-0.3, -0.25) is 10.2 Å². The van der Waals surface area contributed by atoms with Gasteiger partial charge in [0, 0.05) is 38.2 Å². The Morgan fingerprint density at radius 2 is 1.48 bits per heavy atom. The average molecular weight is 299 g/mol. The van der Waals surface area contributed by atoms with Crippen LogP contribution in [0.15, 0.2) is 25.3 Å². The molecule has 21 heavy (non-hydrogen) atoms. The van der Waals surface area contributed by atoms with Gasteiger partial charge in [-0.25, -0.2) is 15.0 Å². The predicted molar refractivity (Wildman–Crippen MR) is 75.9 cm³/mol. The molecule has 118 valence electrons. The number of ether oxygens (including phenoxy) is 2. The summed E-state index contributed by atoms with van der Waals surface area (Å²) < 4.78 is 9.43. The molecule has 0 saturated heterocycles. The van der Waals surface area contributed by atoms with E-state index < -0.39 is 11.9 Å². The van der Waals surface area contributed by atoms with Crippen LogP contribution in [0.25, 0.3) is 0 Å². The van der Waals surface area contributed by atoms with Crippen LogP contribution < -0.4 is 16.2 Å². The van der Waals surface area contributed by atoms with Crippen LogP contribution in [0.3, 0.4) is 0 Å². The first-order valence-corrected chi connectivity index (χ1v) is 6.41. The minimum atomic E-state index is -0.510. The number of hydrogen-bond donors (Lipinski definition) is 3. The Bertz CT molecular complexity index is 371. The maximum atomic E-state index is 11.3. The molecule has 8 heteroatoms. The molecule has 3 N–H and O–H groups in total. The van der Waals surface area contributed by atoms with Crippen molar-refractivity contribution in [1.29, 1.82) is 0 Å². The number of amides is 1. The Kier molecular flexibility index (Phi) is 11.5. The van der Waals surface area contributed by atoms with E-state index in [0.717, 1.165) is 12.2 Å². The van der Waals surface area contributed by atoms with Crippen LogP contribution >= 0.6 is 0 Å². The summed E-state index contributed by atoms with van der Waals surface area (Å²) in [4.78, 5) is 32.8. The number of esters is 2. The fourth-order valence-corrected chi connectivity index (χ4v) is 1.09. The van der Waals surface area contributed by atoms with Gasteiger partial charge in [0.25, 0.3) is 0 Å². The molecule has 8 nitrogen and oxygen atoms in total. The first kappa shape index (κ1) is 18.8. The molecule has 0 unspecified atom stereocenters. The summed E-state index contributed by atoms with van der Waals surface area (Å²) in [5.41, 5.74) is 5.07. The highest BCUT2D eigenvalue weighted by atomic mass is 16.5. The van der Waals surface area contributed by atoms with E-state index in [0.29, 0.717) is 19.6 Å². The Hall–Kier alpha value is -2.19. The SMILES string of the molecule is C=CC(=O)OCCNCCC(=O)NNCCOC(=O)C=C. The second-order valence-corrected chi connectivity index (χ2v) is 3.72. The monoisotopic (exact) mass is 299 g/mol. The van der Waals surface area contributed by atoms with Crippen molar-refractivity contribution in [2.45, 2.75) is 6.42 Å². The maximum absolute atomic E-state index is 11.3. The summed E-state index contributed by atoms with van der Waals surface area (Å²) >= 11 is 0. The van der Waals surface area contributed by atoms with Crippen molar-refractivity contribution in [1.82, 2.24) is 16.2 Å². The first-order valence-electron chi connectivity index (χ1n) is 6.41. The third-order valence-electron chi connectivity index (χ3n) is 2.08. The van der Waals surface area contributed by atoms with Gasteiger partial charge < -0.3 is 14.8 Å². The van der Waals surface area contributed by atoms with Crippen LogP contribution in [-0.4, -0.2) is 50.7 Å². The number of rotatable bonds is 12. The molecule has 0 fully saturated rings. The van der Waals surface area contributed by atoms with Gasteiger partial charge in [0.1, 0.15) is 13.2 Å². The molecule has 0 aliphatic carbocycles. The Morgan fingerprint density at radius 3 is 2.05 bits per heavy atom. The number of carbonyl (C=O) groups excluding carboxylic acids is 3. The van der Waals surface area contributed by atoms with Crippen LogP contribution in [0.4, 0.5) is 0 Å². The molecule has 0 aromatic heterocycles. The second kappa shape index (κ2) is 12.8. The van der Waals surface area contributed by atoms with Gasteiger partial charge in [-0.15, -0.1) is 0 Å². The third kappa shape index (κ3) is 12.6. The van der Waals surface area contributed by atoms with Gasteiger partial charge in [-0.2, -0.15) is 0 Å². The molecule has 0 aromatic rings. The van der Waals surface area contributed by atoms with E-state index in [1.54, 1.807) is 0 Å². The summed E-state index contributed by atoms with van der Waals surface area (Å²) in [6.07, 6.45) is 2.41. The summed E-state index contributed by atoms with van der Waals surface area (Å²) in [5, 5.41) is 2.94. The lowest BCUT2D eigenvalue weighted by Gasteiger charge is -2.08. The normalized spacial score (nSPS) is 9.52. The van der Waals surface area contributed by atoms with Gasteiger partial charge in [-0.05, 0) is 0 Å². The number of nitrogens with one attached hydrogen (secondary N) is 3. The quantitative estimate of drug-likeness (QED) is 0.184. The van der Waals surface area contributed by atoms with Crippen LogP contribution in [0.2, 0.25) is 0 Å². The lowest BCUT2D eigenvalue weighted by Crippen LogP contribution is -2.40. The van der Waals surface area contributed by atoms with Gasteiger partial charge in [0.15, 0.2) is 0 Å². The van der Waals surface area contributed by atoms with Crippen molar-refractivity contribution in [3.05, 3.63) is 25.3 Å². The molecule has 1 amide bonds. The molecule has 0 rings (SSSR count). The van der Waals surface area contributed by atoms with Crippen molar-refractivity contribution in [3.63, 3.8) is 0 Å². The van der Waals surface area contributed by atoms with Crippen molar-refractivity contribution in [3.8, 4) is 0 Å². The first-order chi connectivity index (χ1) is 10.1. The molecule has 0 heterocycles. The van der Waals surface area contributed by atoms with E-state index in [4.69, 9.17) is 9.47 Å². The summed E-state index contributed by atoms with van der Waals surface area (Å²) in [5.74, 6) is -1.19. The molecule has 0 aromatic carbocycles. The van der Waals surface area contributed by atoms with E-state index in [1.165, 1.54) is 0 Å². The zero-order chi connectivity index (χ0) is 15.9.